The molecule has 0 spiro atoms. The highest BCUT2D eigenvalue weighted by molar-refractivity contribution is 14.0. The van der Waals surface area contributed by atoms with Crippen LogP contribution in [0.15, 0.2) is 47.5 Å². The number of fused-ring (bicyclic) bond motifs is 1. The van der Waals surface area contributed by atoms with Gasteiger partial charge in [-0.3, -0.25) is 4.99 Å². The number of hydrogen-bond donors (Lipinski definition) is 2. The van der Waals surface area contributed by atoms with Crippen LogP contribution in [-0.4, -0.2) is 26.4 Å². The normalized spacial score (nSPS) is 12.4. The van der Waals surface area contributed by atoms with E-state index >= 15 is 0 Å². The molecule has 1 heterocycles. The molecule has 0 amide bonds. The fourth-order valence-electron chi connectivity index (χ4n) is 2.83. The van der Waals surface area contributed by atoms with E-state index in [1.54, 1.807) is 7.05 Å². The molecule has 152 valence electrons. The average molecular weight is 497 g/mol. The summed E-state index contributed by atoms with van der Waals surface area (Å²) in [5.41, 5.74) is 3.51. The minimum Gasteiger partial charge on any atom is -0.454 e. The lowest BCUT2D eigenvalue weighted by atomic mass is 10.1. The summed E-state index contributed by atoms with van der Waals surface area (Å²) < 4.78 is 16.5. The molecule has 0 saturated heterocycles. The number of aliphatic imine (C=N–C) groups is 1. The number of nitrogens with zero attached hydrogens (tertiary/aromatic N) is 1. The SMILES string of the molecule is CCCOCc1ccccc1CNC(=NC)NCc1ccc2c(c1)OCO2.I. The molecule has 3 rings (SSSR count). The lowest BCUT2D eigenvalue weighted by Crippen LogP contribution is -2.36. The predicted octanol–water partition coefficient (Wildman–Crippen LogP) is 3.83. The maximum atomic E-state index is 5.69. The largest absolute Gasteiger partial charge is 0.454 e. The lowest BCUT2D eigenvalue weighted by Gasteiger charge is -2.14. The van der Waals surface area contributed by atoms with Gasteiger partial charge in [-0.15, -0.1) is 24.0 Å². The van der Waals surface area contributed by atoms with E-state index in [1.165, 1.54) is 11.1 Å². The van der Waals surface area contributed by atoms with Crippen LogP contribution in [0.1, 0.15) is 30.0 Å². The molecule has 0 bridgehead atoms. The smallest absolute Gasteiger partial charge is 0.231 e. The summed E-state index contributed by atoms with van der Waals surface area (Å²) in [6, 6.07) is 14.3. The van der Waals surface area contributed by atoms with Crippen LogP contribution in [0.3, 0.4) is 0 Å². The van der Waals surface area contributed by atoms with Gasteiger partial charge in [-0.05, 0) is 35.2 Å². The molecular formula is C21H28IN3O3. The second kappa shape index (κ2) is 11.8. The molecule has 2 aromatic carbocycles. The molecule has 0 radical (unpaired) electrons. The van der Waals surface area contributed by atoms with Crippen LogP contribution in [0.4, 0.5) is 0 Å². The second-order valence-corrected chi connectivity index (χ2v) is 6.29. The van der Waals surface area contributed by atoms with E-state index in [0.717, 1.165) is 36.0 Å². The zero-order chi connectivity index (χ0) is 18.9. The van der Waals surface area contributed by atoms with Crippen molar-refractivity contribution in [2.75, 3.05) is 20.4 Å². The van der Waals surface area contributed by atoms with E-state index in [-0.39, 0.29) is 30.8 Å². The van der Waals surface area contributed by atoms with Crippen LogP contribution in [0.5, 0.6) is 11.5 Å². The van der Waals surface area contributed by atoms with E-state index in [0.29, 0.717) is 19.7 Å². The number of benzene rings is 2. The highest BCUT2D eigenvalue weighted by Gasteiger charge is 2.13. The zero-order valence-electron chi connectivity index (χ0n) is 16.4. The van der Waals surface area contributed by atoms with Crippen LogP contribution in [0.2, 0.25) is 0 Å². The van der Waals surface area contributed by atoms with E-state index in [9.17, 15) is 0 Å². The average Bonchev–Trinajstić information content (AvgIpc) is 3.17. The van der Waals surface area contributed by atoms with Gasteiger partial charge >= 0.3 is 0 Å². The Bertz CT molecular complexity index is 783. The predicted molar refractivity (Wildman–Crippen MR) is 121 cm³/mol. The summed E-state index contributed by atoms with van der Waals surface area (Å²) in [4.78, 5) is 4.30. The summed E-state index contributed by atoms with van der Waals surface area (Å²) in [6.45, 7) is 5.15. The van der Waals surface area contributed by atoms with Gasteiger partial charge in [0.15, 0.2) is 17.5 Å². The summed E-state index contributed by atoms with van der Waals surface area (Å²) in [6.07, 6.45) is 1.02. The van der Waals surface area contributed by atoms with Gasteiger partial charge in [-0.2, -0.15) is 0 Å². The molecule has 7 heteroatoms. The molecular weight excluding hydrogens is 469 g/mol. The third-order valence-corrected chi connectivity index (χ3v) is 4.29. The molecule has 1 aliphatic rings. The van der Waals surface area contributed by atoms with Gasteiger partial charge in [0.1, 0.15) is 0 Å². The number of ether oxygens (including phenoxy) is 3. The lowest BCUT2D eigenvalue weighted by molar-refractivity contribution is 0.121. The molecule has 2 N–H and O–H groups in total. The summed E-state index contributed by atoms with van der Waals surface area (Å²) >= 11 is 0. The Kier molecular flexibility index (Phi) is 9.36. The molecule has 1 aliphatic heterocycles. The maximum absolute atomic E-state index is 5.69. The van der Waals surface area contributed by atoms with E-state index in [4.69, 9.17) is 14.2 Å². The summed E-state index contributed by atoms with van der Waals surface area (Å²) in [5, 5.41) is 6.70. The highest BCUT2D eigenvalue weighted by Crippen LogP contribution is 2.32. The number of hydrogen-bond acceptors (Lipinski definition) is 4. The van der Waals surface area contributed by atoms with E-state index < -0.39 is 0 Å². The minimum atomic E-state index is 0. The summed E-state index contributed by atoms with van der Waals surface area (Å²) in [5.74, 6) is 2.33. The Balaban J connectivity index is 0.00000280. The Morgan fingerprint density at radius 1 is 1.04 bits per heavy atom. The van der Waals surface area contributed by atoms with Crippen molar-refractivity contribution in [3.8, 4) is 11.5 Å². The van der Waals surface area contributed by atoms with Crippen LogP contribution in [0.25, 0.3) is 0 Å². The van der Waals surface area contributed by atoms with Crippen LogP contribution in [-0.2, 0) is 24.4 Å². The number of rotatable bonds is 8. The minimum absolute atomic E-state index is 0. The maximum Gasteiger partial charge on any atom is 0.231 e. The van der Waals surface area contributed by atoms with Crippen LogP contribution in [0, 0.1) is 0 Å². The third-order valence-electron chi connectivity index (χ3n) is 4.29. The first-order chi connectivity index (χ1) is 13.3. The number of nitrogens with one attached hydrogen (secondary N) is 2. The molecule has 2 aromatic rings. The first-order valence-corrected chi connectivity index (χ1v) is 9.27. The van der Waals surface area contributed by atoms with Crippen molar-refractivity contribution in [2.45, 2.75) is 33.0 Å². The van der Waals surface area contributed by atoms with Gasteiger partial charge in [-0.25, -0.2) is 0 Å². The fraction of sp³-hybridized carbons (Fsp3) is 0.381. The van der Waals surface area contributed by atoms with Crippen LogP contribution >= 0.6 is 24.0 Å². The topological polar surface area (TPSA) is 64.1 Å². The monoisotopic (exact) mass is 497 g/mol. The molecule has 0 saturated carbocycles. The van der Waals surface area contributed by atoms with Crippen molar-refractivity contribution in [3.63, 3.8) is 0 Å². The fourth-order valence-corrected chi connectivity index (χ4v) is 2.83. The molecule has 0 aromatic heterocycles. The number of guanidine groups is 1. The van der Waals surface area contributed by atoms with E-state index in [2.05, 4.69) is 34.7 Å². The van der Waals surface area contributed by atoms with Gasteiger partial charge in [-0.1, -0.05) is 37.3 Å². The van der Waals surface area contributed by atoms with Crippen molar-refractivity contribution in [3.05, 3.63) is 59.2 Å². The first kappa shape index (κ1) is 22.3. The Hall–Kier alpha value is -2.00. The molecule has 0 atom stereocenters. The molecule has 0 unspecified atom stereocenters. The van der Waals surface area contributed by atoms with Crippen molar-refractivity contribution < 1.29 is 14.2 Å². The Morgan fingerprint density at radius 2 is 1.79 bits per heavy atom. The molecule has 0 fully saturated rings. The Labute approximate surface area is 183 Å². The third kappa shape index (κ3) is 6.27. The Morgan fingerprint density at radius 3 is 2.57 bits per heavy atom. The standard InChI is InChI=1S/C21H27N3O3.HI/c1-3-10-25-14-18-7-5-4-6-17(18)13-24-21(22-2)23-12-16-8-9-19-20(11-16)27-15-26-19;/h4-9,11H,3,10,12-15H2,1-2H3,(H2,22,23,24);1H. The molecule has 6 nitrogen and oxygen atoms in total. The van der Waals surface area contributed by atoms with Crippen molar-refractivity contribution in [1.29, 1.82) is 0 Å². The van der Waals surface area contributed by atoms with Gasteiger partial charge in [0.25, 0.3) is 0 Å². The zero-order valence-corrected chi connectivity index (χ0v) is 18.7. The number of halogens is 1. The second-order valence-electron chi connectivity index (χ2n) is 6.29. The summed E-state index contributed by atoms with van der Waals surface area (Å²) in [7, 11) is 1.77. The van der Waals surface area contributed by atoms with Crippen molar-refractivity contribution in [1.82, 2.24) is 10.6 Å². The first-order valence-electron chi connectivity index (χ1n) is 9.27. The van der Waals surface area contributed by atoms with Gasteiger partial charge in [0.05, 0.1) is 6.61 Å². The van der Waals surface area contributed by atoms with Gasteiger partial charge in [0, 0.05) is 26.7 Å². The van der Waals surface area contributed by atoms with Crippen molar-refractivity contribution in [2.24, 2.45) is 4.99 Å². The van der Waals surface area contributed by atoms with Crippen LogP contribution < -0.4 is 20.1 Å². The quantitative estimate of drug-likeness (QED) is 0.251. The highest BCUT2D eigenvalue weighted by atomic mass is 127. The molecule has 28 heavy (non-hydrogen) atoms. The van der Waals surface area contributed by atoms with E-state index in [1.807, 2.05) is 30.3 Å². The van der Waals surface area contributed by atoms with Gasteiger partial charge < -0.3 is 24.8 Å². The van der Waals surface area contributed by atoms with Crippen molar-refractivity contribution >= 4 is 29.9 Å². The van der Waals surface area contributed by atoms with Gasteiger partial charge in [0.2, 0.25) is 6.79 Å². The molecule has 0 aliphatic carbocycles.